The van der Waals surface area contributed by atoms with Gasteiger partial charge >= 0.3 is 11.6 Å². The third-order valence-corrected chi connectivity index (χ3v) is 3.37. The van der Waals surface area contributed by atoms with Crippen molar-refractivity contribution < 1.29 is 53.5 Å². The highest BCUT2D eigenvalue weighted by Crippen LogP contribution is 1.96. The number of aromatic nitrogens is 4. The number of oxime groups is 2. The summed E-state index contributed by atoms with van der Waals surface area (Å²) in [7, 11) is 3.77. The zero-order valence-corrected chi connectivity index (χ0v) is 16.5. The lowest BCUT2D eigenvalue weighted by molar-refractivity contribution is -0.672. The first-order chi connectivity index (χ1) is 10.7. The fourth-order valence-corrected chi connectivity index (χ4v) is 2.19. The largest absolute Gasteiger partial charge is 1.00 e. The molecule has 2 aromatic heterocycles. The van der Waals surface area contributed by atoms with Crippen molar-refractivity contribution in [2.75, 3.05) is 0 Å². The summed E-state index contributed by atoms with van der Waals surface area (Å²) in [5, 5.41) is 23.5. The van der Waals surface area contributed by atoms with Gasteiger partial charge in [-0.1, -0.05) is 10.3 Å². The average molecular weight is 464 g/mol. The lowest BCUT2D eigenvalue weighted by Gasteiger charge is -1.95. The standard InChI is InChI=1S/C14H18N6O2.2BrH/c1-17-7-9-19(13(17)11-15-21)5-3-4-6-20-10-8-18(2)14(20)12-16-22;;/h3-4,7-12H,5-6H2,1-2H3;2*1H/b4-3+;;. The van der Waals surface area contributed by atoms with Crippen LogP contribution in [-0.2, 0) is 27.2 Å². The summed E-state index contributed by atoms with van der Waals surface area (Å²) in [5.41, 5.74) is 0. The van der Waals surface area contributed by atoms with E-state index in [0.717, 1.165) is 11.6 Å². The van der Waals surface area contributed by atoms with Crippen LogP contribution >= 0.6 is 0 Å². The second kappa shape index (κ2) is 10.8. The number of hydrogen-bond donors (Lipinski definition) is 2. The van der Waals surface area contributed by atoms with Crippen molar-refractivity contribution in [2.24, 2.45) is 24.4 Å². The van der Waals surface area contributed by atoms with Gasteiger partial charge < -0.3 is 44.4 Å². The second-order valence-electron chi connectivity index (χ2n) is 4.80. The molecule has 0 aliphatic rings. The second-order valence-corrected chi connectivity index (χ2v) is 4.80. The summed E-state index contributed by atoms with van der Waals surface area (Å²) in [5.74, 6) is 1.60. The van der Waals surface area contributed by atoms with Gasteiger partial charge in [0.05, 0.1) is 14.1 Å². The molecule has 0 aliphatic carbocycles. The van der Waals surface area contributed by atoms with Crippen molar-refractivity contribution in [3.05, 3.63) is 48.6 Å². The summed E-state index contributed by atoms with van der Waals surface area (Å²) in [6.45, 7) is 1.33. The van der Waals surface area contributed by atoms with Crippen LogP contribution in [0.15, 0.2) is 47.3 Å². The molecule has 0 spiro atoms. The lowest BCUT2D eigenvalue weighted by Crippen LogP contribution is -3.00. The van der Waals surface area contributed by atoms with Crippen LogP contribution in [0.1, 0.15) is 11.6 Å². The van der Waals surface area contributed by atoms with Gasteiger partial charge in [0, 0.05) is 0 Å². The summed E-state index contributed by atoms with van der Waals surface area (Å²) in [6.07, 6.45) is 14.5. The van der Waals surface area contributed by atoms with Gasteiger partial charge in [-0.2, -0.15) is 0 Å². The molecule has 2 heterocycles. The van der Waals surface area contributed by atoms with Crippen LogP contribution in [0.2, 0.25) is 0 Å². The van der Waals surface area contributed by atoms with E-state index in [9.17, 15) is 0 Å². The Bertz CT molecular complexity index is 661. The van der Waals surface area contributed by atoms with Gasteiger partial charge in [-0.05, 0) is 12.2 Å². The Morgan fingerprint density at radius 2 is 1.25 bits per heavy atom. The van der Waals surface area contributed by atoms with Gasteiger partial charge in [-0.3, -0.25) is 0 Å². The Kier molecular flexibility index (Phi) is 9.89. The van der Waals surface area contributed by atoms with Gasteiger partial charge in [-0.15, -0.1) is 0 Å². The van der Waals surface area contributed by atoms with Crippen molar-refractivity contribution in [1.29, 1.82) is 0 Å². The highest BCUT2D eigenvalue weighted by Gasteiger charge is 2.12. The average Bonchev–Trinajstić information content (AvgIpc) is 3.02. The van der Waals surface area contributed by atoms with E-state index in [1.54, 1.807) is 0 Å². The molecule has 10 heteroatoms. The van der Waals surface area contributed by atoms with E-state index in [1.807, 2.05) is 69.3 Å². The van der Waals surface area contributed by atoms with Gasteiger partial charge in [0.15, 0.2) is 12.4 Å². The van der Waals surface area contributed by atoms with Gasteiger partial charge in [-0.25, -0.2) is 18.3 Å². The molecule has 0 aliphatic heterocycles. The molecule has 132 valence electrons. The van der Waals surface area contributed by atoms with Gasteiger partial charge in [0.1, 0.15) is 37.9 Å². The van der Waals surface area contributed by atoms with E-state index in [0.29, 0.717) is 13.1 Å². The summed E-state index contributed by atoms with van der Waals surface area (Å²) in [4.78, 5) is 0. The maximum atomic E-state index is 8.68. The van der Waals surface area contributed by atoms with Crippen LogP contribution in [0.5, 0.6) is 0 Å². The normalized spacial score (nSPS) is 11.2. The van der Waals surface area contributed by atoms with Crippen LogP contribution in [0, 0.1) is 0 Å². The Balaban J connectivity index is 0.00000264. The van der Waals surface area contributed by atoms with Gasteiger partial charge in [0.2, 0.25) is 0 Å². The van der Waals surface area contributed by atoms with Crippen molar-refractivity contribution in [2.45, 2.75) is 13.1 Å². The van der Waals surface area contributed by atoms with E-state index in [-0.39, 0.29) is 34.0 Å². The Morgan fingerprint density at radius 3 is 1.58 bits per heavy atom. The monoisotopic (exact) mass is 462 g/mol. The predicted octanol–water partition coefficient (Wildman–Crippen LogP) is -6.18. The molecular formula is C14H20Br2N6O2. The van der Waals surface area contributed by atoms with Crippen molar-refractivity contribution in [3.8, 4) is 0 Å². The lowest BCUT2D eigenvalue weighted by atomic mass is 10.4. The molecule has 2 rings (SSSR count). The Labute approximate surface area is 161 Å². The molecule has 0 aromatic carbocycles. The molecule has 0 unspecified atom stereocenters. The van der Waals surface area contributed by atoms with E-state index < -0.39 is 0 Å². The van der Waals surface area contributed by atoms with E-state index >= 15 is 0 Å². The first-order valence-corrected chi connectivity index (χ1v) is 6.76. The minimum atomic E-state index is 0. The smallest absolute Gasteiger partial charge is 0.303 e. The topological polar surface area (TPSA) is 82.8 Å². The summed E-state index contributed by atoms with van der Waals surface area (Å²) in [6, 6.07) is 0. The van der Waals surface area contributed by atoms with Crippen molar-refractivity contribution >= 4 is 12.4 Å². The molecule has 0 bridgehead atoms. The maximum Gasteiger partial charge on any atom is 0.303 e. The number of halogens is 2. The molecule has 8 nitrogen and oxygen atoms in total. The van der Waals surface area contributed by atoms with Crippen LogP contribution in [-0.4, -0.2) is 32.0 Å². The molecular weight excluding hydrogens is 444 g/mol. The quantitative estimate of drug-likeness (QED) is 0.147. The third kappa shape index (κ3) is 5.31. The van der Waals surface area contributed by atoms with Crippen LogP contribution in [0.4, 0.5) is 0 Å². The molecule has 2 N–H and O–H groups in total. The molecule has 0 saturated heterocycles. The minimum Gasteiger partial charge on any atom is -1.00 e. The van der Waals surface area contributed by atoms with Crippen LogP contribution < -0.4 is 43.1 Å². The molecule has 0 atom stereocenters. The molecule has 0 saturated carbocycles. The zero-order valence-electron chi connectivity index (χ0n) is 13.4. The molecule has 0 radical (unpaired) electrons. The van der Waals surface area contributed by atoms with Crippen molar-refractivity contribution in [1.82, 2.24) is 9.13 Å². The molecule has 0 fully saturated rings. The predicted molar refractivity (Wildman–Crippen MR) is 79.1 cm³/mol. The fourth-order valence-electron chi connectivity index (χ4n) is 2.19. The van der Waals surface area contributed by atoms with E-state index in [1.165, 1.54) is 12.4 Å². The van der Waals surface area contributed by atoms with Crippen molar-refractivity contribution in [3.63, 3.8) is 0 Å². The number of aryl methyl sites for hydroxylation is 2. The summed E-state index contributed by atoms with van der Waals surface area (Å²) < 4.78 is 7.66. The highest BCUT2D eigenvalue weighted by molar-refractivity contribution is 5.72. The summed E-state index contributed by atoms with van der Waals surface area (Å²) >= 11 is 0. The molecule has 0 amide bonds. The van der Waals surface area contributed by atoms with Gasteiger partial charge in [0.25, 0.3) is 0 Å². The zero-order chi connectivity index (χ0) is 15.9. The SMILES string of the molecule is C[n+]1ccn(C/C=C/Cn2cc[n+](C)c2/C=N/O)c1/C=N/O.[Br-].[Br-]. The maximum absolute atomic E-state index is 8.68. The fraction of sp³-hybridized carbons (Fsp3) is 0.286. The first-order valence-electron chi connectivity index (χ1n) is 6.76. The Hall–Kier alpha value is -1.94. The number of hydrogen-bond acceptors (Lipinski definition) is 4. The van der Waals surface area contributed by atoms with E-state index in [4.69, 9.17) is 10.4 Å². The first kappa shape index (κ1) is 22.1. The highest BCUT2D eigenvalue weighted by atomic mass is 79.9. The number of imidazole rings is 2. The van der Waals surface area contributed by atoms with Crippen LogP contribution in [0.25, 0.3) is 0 Å². The Morgan fingerprint density at radius 1 is 0.875 bits per heavy atom. The molecule has 24 heavy (non-hydrogen) atoms. The number of nitrogens with zero attached hydrogens (tertiary/aromatic N) is 6. The number of rotatable bonds is 6. The number of allylic oxidation sites excluding steroid dienone is 2. The van der Waals surface area contributed by atoms with E-state index in [2.05, 4.69) is 10.3 Å². The third-order valence-electron chi connectivity index (χ3n) is 3.37. The van der Waals surface area contributed by atoms with Crippen LogP contribution in [0.3, 0.4) is 0 Å². The molecule has 2 aromatic rings. The minimum absolute atomic E-state index is 0.